The second kappa shape index (κ2) is 4.58. The summed E-state index contributed by atoms with van der Waals surface area (Å²) in [4.78, 5) is 21.5. The minimum absolute atomic E-state index is 0.103. The Kier molecular flexibility index (Phi) is 3.12. The van der Waals surface area contributed by atoms with Gasteiger partial charge in [0, 0.05) is 5.56 Å². The van der Waals surface area contributed by atoms with Crippen molar-refractivity contribution in [2.75, 3.05) is 0 Å². The molecule has 0 aliphatic carbocycles. The molecule has 0 atom stereocenters. The zero-order valence-corrected chi connectivity index (χ0v) is 9.70. The molecule has 2 N–H and O–H groups in total. The molecule has 0 amide bonds. The highest BCUT2D eigenvalue weighted by Gasteiger charge is 2.13. The normalized spacial score (nSPS) is 10.3. The number of rotatable bonds is 3. The Hall–Kier alpha value is -2.21. The van der Waals surface area contributed by atoms with Gasteiger partial charge in [0.1, 0.15) is 10.7 Å². The van der Waals surface area contributed by atoms with Crippen LogP contribution >= 0.6 is 11.3 Å². The van der Waals surface area contributed by atoms with E-state index in [2.05, 4.69) is 0 Å². The number of thiophene rings is 1. The second-order valence-electron chi connectivity index (χ2n) is 3.50. The van der Waals surface area contributed by atoms with E-state index in [1.807, 2.05) is 0 Å². The van der Waals surface area contributed by atoms with E-state index in [1.165, 1.54) is 23.6 Å². The minimum Gasteiger partial charge on any atom is -0.478 e. The Labute approximate surface area is 105 Å². The molecular weight excluding hydrogens is 259 g/mol. The maximum atomic E-state index is 13.7. The predicted molar refractivity (Wildman–Crippen MR) is 63.6 cm³/mol. The van der Waals surface area contributed by atoms with Gasteiger partial charge in [-0.3, -0.25) is 0 Å². The minimum atomic E-state index is -1.21. The quantitative estimate of drug-likeness (QED) is 0.895. The molecule has 92 valence electrons. The van der Waals surface area contributed by atoms with Gasteiger partial charge in [-0.1, -0.05) is 6.07 Å². The van der Waals surface area contributed by atoms with Crippen molar-refractivity contribution in [1.29, 1.82) is 0 Å². The average Bonchev–Trinajstić information content (AvgIpc) is 2.78. The van der Waals surface area contributed by atoms with Crippen molar-refractivity contribution >= 4 is 23.3 Å². The van der Waals surface area contributed by atoms with Crippen LogP contribution in [0.1, 0.15) is 20.0 Å². The molecule has 0 spiro atoms. The van der Waals surface area contributed by atoms with Gasteiger partial charge in [-0.2, -0.15) is 0 Å². The van der Waals surface area contributed by atoms with Crippen LogP contribution < -0.4 is 0 Å². The molecule has 1 aromatic heterocycles. The molecule has 1 heterocycles. The van der Waals surface area contributed by atoms with Gasteiger partial charge in [-0.25, -0.2) is 14.0 Å². The van der Waals surface area contributed by atoms with Gasteiger partial charge >= 0.3 is 11.9 Å². The van der Waals surface area contributed by atoms with E-state index >= 15 is 0 Å². The summed E-state index contributed by atoms with van der Waals surface area (Å²) in [6, 6.07) is 4.87. The third kappa shape index (κ3) is 2.23. The Balaban J connectivity index is 2.44. The highest BCUT2D eigenvalue weighted by Crippen LogP contribution is 2.28. The summed E-state index contributed by atoms with van der Waals surface area (Å²) in [7, 11) is 0. The first-order chi connectivity index (χ1) is 8.49. The number of aromatic carboxylic acids is 2. The fourth-order valence-corrected chi connectivity index (χ4v) is 2.22. The van der Waals surface area contributed by atoms with Crippen molar-refractivity contribution < 1.29 is 24.2 Å². The topological polar surface area (TPSA) is 74.6 Å². The molecular formula is C12H7FO4S. The molecule has 4 nitrogen and oxygen atoms in total. The lowest BCUT2D eigenvalue weighted by Gasteiger charge is -2.01. The zero-order chi connectivity index (χ0) is 13.3. The van der Waals surface area contributed by atoms with Crippen LogP contribution in [-0.2, 0) is 0 Å². The van der Waals surface area contributed by atoms with Crippen molar-refractivity contribution in [3.63, 3.8) is 0 Å². The second-order valence-corrected chi connectivity index (χ2v) is 4.42. The molecule has 0 unspecified atom stereocenters. The Morgan fingerprint density at radius 3 is 2.33 bits per heavy atom. The predicted octanol–water partition coefficient (Wildman–Crippen LogP) is 2.95. The Bertz CT molecular complexity index is 633. The summed E-state index contributed by atoms with van der Waals surface area (Å²) in [5, 5.41) is 19.0. The summed E-state index contributed by atoms with van der Waals surface area (Å²) in [6.45, 7) is 0. The molecule has 2 aromatic rings. The number of hydrogen-bond acceptors (Lipinski definition) is 3. The van der Waals surface area contributed by atoms with Crippen LogP contribution in [0.5, 0.6) is 0 Å². The first kappa shape index (κ1) is 12.3. The van der Waals surface area contributed by atoms with E-state index in [9.17, 15) is 14.0 Å². The third-order valence-electron chi connectivity index (χ3n) is 2.34. The number of hydrogen-bond donors (Lipinski definition) is 2. The maximum Gasteiger partial charge on any atom is 0.345 e. The molecule has 0 aliphatic heterocycles. The number of benzene rings is 1. The number of carboxylic acids is 2. The van der Waals surface area contributed by atoms with Gasteiger partial charge in [-0.15, -0.1) is 11.3 Å². The van der Waals surface area contributed by atoms with Gasteiger partial charge in [0.05, 0.1) is 5.56 Å². The number of halogens is 1. The molecule has 18 heavy (non-hydrogen) atoms. The van der Waals surface area contributed by atoms with Crippen molar-refractivity contribution in [2.45, 2.75) is 0 Å². The van der Waals surface area contributed by atoms with Gasteiger partial charge in [0.25, 0.3) is 0 Å². The number of carboxylic acid groups (broad SMARTS) is 2. The van der Waals surface area contributed by atoms with E-state index in [4.69, 9.17) is 10.2 Å². The van der Waals surface area contributed by atoms with Gasteiger partial charge in [0.15, 0.2) is 0 Å². The fourth-order valence-electron chi connectivity index (χ4n) is 1.47. The molecule has 0 radical (unpaired) electrons. The monoisotopic (exact) mass is 266 g/mol. The van der Waals surface area contributed by atoms with Crippen LogP contribution in [0.3, 0.4) is 0 Å². The van der Waals surface area contributed by atoms with Crippen LogP contribution in [0.15, 0.2) is 29.6 Å². The molecule has 6 heteroatoms. The van der Waals surface area contributed by atoms with E-state index in [-0.39, 0.29) is 16.0 Å². The third-order valence-corrected chi connectivity index (χ3v) is 3.26. The van der Waals surface area contributed by atoms with E-state index in [0.717, 1.165) is 17.4 Å². The molecule has 1 aromatic carbocycles. The lowest BCUT2D eigenvalue weighted by molar-refractivity contribution is 0.0688. The Morgan fingerprint density at radius 1 is 1.11 bits per heavy atom. The van der Waals surface area contributed by atoms with Gasteiger partial charge in [-0.05, 0) is 29.1 Å². The summed E-state index contributed by atoms with van der Waals surface area (Å²) in [6.07, 6.45) is 0. The maximum absolute atomic E-state index is 13.7. The van der Waals surface area contributed by atoms with Gasteiger partial charge < -0.3 is 10.2 Å². The summed E-state index contributed by atoms with van der Waals surface area (Å²) >= 11 is 0.989. The zero-order valence-electron chi connectivity index (χ0n) is 8.88. The average molecular weight is 266 g/mol. The van der Waals surface area contributed by atoms with Crippen LogP contribution in [0.2, 0.25) is 0 Å². The van der Waals surface area contributed by atoms with Crippen LogP contribution in [0.4, 0.5) is 4.39 Å². The highest BCUT2D eigenvalue weighted by molar-refractivity contribution is 7.12. The van der Waals surface area contributed by atoms with Crippen molar-refractivity contribution in [3.05, 3.63) is 45.9 Å². The standard InChI is InChI=1S/C12H7FO4S/c13-9-3-6(11(14)15)1-2-8(9)7-4-10(12(16)17)18-5-7/h1-5H,(H,14,15)(H,16,17). The molecule has 0 saturated carbocycles. The molecule has 0 bridgehead atoms. The highest BCUT2D eigenvalue weighted by atomic mass is 32.1. The Morgan fingerprint density at radius 2 is 1.83 bits per heavy atom. The SMILES string of the molecule is O=C(O)c1ccc(-c2csc(C(=O)O)c2)c(F)c1. The van der Waals surface area contributed by atoms with Crippen molar-refractivity contribution in [3.8, 4) is 11.1 Å². The van der Waals surface area contributed by atoms with Crippen molar-refractivity contribution in [1.82, 2.24) is 0 Å². The summed E-state index contributed by atoms with van der Waals surface area (Å²) < 4.78 is 13.7. The smallest absolute Gasteiger partial charge is 0.345 e. The van der Waals surface area contributed by atoms with Crippen LogP contribution in [0, 0.1) is 5.82 Å². The van der Waals surface area contributed by atoms with E-state index in [1.54, 1.807) is 0 Å². The fraction of sp³-hybridized carbons (Fsp3) is 0. The van der Waals surface area contributed by atoms with Crippen LogP contribution in [-0.4, -0.2) is 22.2 Å². The first-order valence-corrected chi connectivity index (χ1v) is 5.72. The largest absolute Gasteiger partial charge is 0.478 e. The lowest BCUT2D eigenvalue weighted by Crippen LogP contribution is -1.97. The first-order valence-electron chi connectivity index (χ1n) is 4.84. The molecule has 0 saturated heterocycles. The lowest BCUT2D eigenvalue weighted by atomic mass is 10.1. The molecule has 0 fully saturated rings. The summed E-state index contributed by atoms with van der Waals surface area (Å²) in [5.41, 5.74) is 0.459. The summed E-state index contributed by atoms with van der Waals surface area (Å²) in [5.74, 6) is -2.98. The molecule has 0 aliphatic rings. The van der Waals surface area contributed by atoms with Crippen molar-refractivity contribution in [2.24, 2.45) is 0 Å². The number of carbonyl (C=O) groups is 2. The van der Waals surface area contributed by atoms with E-state index < -0.39 is 17.8 Å². The van der Waals surface area contributed by atoms with Gasteiger partial charge in [0.2, 0.25) is 0 Å². The van der Waals surface area contributed by atoms with E-state index in [0.29, 0.717) is 5.56 Å². The van der Waals surface area contributed by atoms with Crippen LogP contribution in [0.25, 0.3) is 11.1 Å². The molecule has 2 rings (SSSR count).